The van der Waals surface area contributed by atoms with Gasteiger partial charge in [-0.2, -0.15) is 0 Å². The molecule has 0 saturated heterocycles. The molecule has 5 nitrogen and oxygen atoms in total. The fourth-order valence-electron chi connectivity index (χ4n) is 1.09. The predicted molar refractivity (Wildman–Crippen MR) is 42.3 cm³/mol. The Bertz CT molecular complexity index is 324. The van der Waals surface area contributed by atoms with Gasteiger partial charge < -0.3 is 4.74 Å². The molecule has 66 valence electrons. The molecule has 1 aromatic rings. The Hall–Kier alpha value is -1.26. The van der Waals surface area contributed by atoms with Crippen LogP contribution in [-0.2, 0) is 0 Å². The highest BCUT2D eigenvalue weighted by Crippen LogP contribution is 2.32. The molecule has 0 radical (unpaired) electrons. The summed E-state index contributed by atoms with van der Waals surface area (Å²) in [5, 5.41) is 3.99. The van der Waals surface area contributed by atoms with Crippen LogP contribution >= 0.6 is 0 Å². The van der Waals surface area contributed by atoms with Crippen LogP contribution in [0.5, 0.6) is 6.01 Å². The Morgan fingerprint density at radius 1 is 1.75 bits per heavy atom. The molecule has 0 atom stereocenters. The van der Waals surface area contributed by atoms with Crippen LogP contribution < -0.4 is 10.4 Å². The average Bonchev–Trinajstić information content (AvgIpc) is 2.79. The largest absolute Gasteiger partial charge is 0.464 e. The summed E-state index contributed by atoms with van der Waals surface area (Å²) in [6.07, 6.45) is 2.10. The van der Waals surface area contributed by atoms with Crippen molar-refractivity contribution < 1.29 is 4.74 Å². The Labute approximate surface area is 69.4 Å². The second-order valence-corrected chi connectivity index (χ2v) is 2.84. The summed E-state index contributed by atoms with van der Waals surface area (Å²) in [4.78, 5) is 13.7. The lowest BCUT2D eigenvalue weighted by molar-refractivity contribution is 0.310. The van der Waals surface area contributed by atoms with E-state index in [-0.39, 0.29) is 5.69 Å². The van der Waals surface area contributed by atoms with E-state index < -0.39 is 0 Å². The molecule has 12 heavy (non-hydrogen) atoms. The van der Waals surface area contributed by atoms with E-state index in [1.807, 2.05) is 6.92 Å². The van der Waals surface area contributed by atoms with Gasteiger partial charge in [-0.15, -0.1) is 5.10 Å². The van der Waals surface area contributed by atoms with Crippen molar-refractivity contribution in [3.8, 4) is 6.01 Å². The van der Waals surface area contributed by atoms with Crippen LogP contribution in [0.1, 0.15) is 25.8 Å². The molecule has 1 saturated carbocycles. The molecule has 0 aliphatic heterocycles. The van der Waals surface area contributed by atoms with E-state index >= 15 is 0 Å². The number of aromatic amines is 1. The molecule has 1 N–H and O–H groups in total. The van der Waals surface area contributed by atoms with E-state index in [9.17, 15) is 4.79 Å². The van der Waals surface area contributed by atoms with Crippen LogP contribution in [0.15, 0.2) is 4.79 Å². The topological polar surface area (TPSA) is 59.9 Å². The van der Waals surface area contributed by atoms with E-state index in [4.69, 9.17) is 4.74 Å². The monoisotopic (exact) mass is 169 g/mol. The second-order valence-electron chi connectivity index (χ2n) is 2.84. The normalized spacial score (nSPS) is 16.4. The fourth-order valence-corrected chi connectivity index (χ4v) is 1.09. The lowest BCUT2D eigenvalue weighted by Crippen LogP contribution is -2.16. The van der Waals surface area contributed by atoms with Crippen molar-refractivity contribution in [3.05, 3.63) is 10.5 Å². The number of rotatable bonds is 3. The van der Waals surface area contributed by atoms with Gasteiger partial charge in [-0.1, -0.05) is 0 Å². The molecule has 0 spiro atoms. The minimum absolute atomic E-state index is 0.166. The van der Waals surface area contributed by atoms with Crippen molar-refractivity contribution in [2.45, 2.75) is 25.8 Å². The van der Waals surface area contributed by atoms with Crippen LogP contribution in [0.4, 0.5) is 0 Å². The molecular formula is C7H11N3O2. The summed E-state index contributed by atoms with van der Waals surface area (Å²) in [6, 6.07) is 0.636. The number of H-pyrrole nitrogens is 1. The zero-order valence-corrected chi connectivity index (χ0v) is 6.91. The number of ether oxygens (including phenoxy) is 1. The highest BCUT2D eigenvalue weighted by molar-refractivity contribution is 4.92. The lowest BCUT2D eigenvalue weighted by Gasteiger charge is -1.93. The number of aromatic nitrogens is 3. The van der Waals surface area contributed by atoms with Gasteiger partial charge in [0.2, 0.25) is 0 Å². The summed E-state index contributed by atoms with van der Waals surface area (Å²) in [5.74, 6) is 0. The summed E-state index contributed by atoms with van der Waals surface area (Å²) >= 11 is 0. The molecular weight excluding hydrogens is 158 g/mol. The third-order valence-electron chi connectivity index (χ3n) is 1.79. The van der Waals surface area contributed by atoms with Gasteiger partial charge in [-0.25, -0.2) is 9.48 Å². The summed E-state index contributed by atoms with van der Waals surface area (Å²) in [7, 11) is 0. The van der Waals surface area contributed by atoms with Gasteiger partial charge in [0.15, 0.2) is 0 Å². The van der Waals surface area contributed by atoms with Crippen molar-refractivity contribution in [2.75, 3.05) is 6.61 Å². The first-order chi connectivity index (χ1) is 5.81. The molecule has 1 fully saturated rings. The van der Waals surface area contributed by atoms with Gasteiger partial charge in [-0.05, 0) is 19.8 Å². The van der Waals surface area contributed by atoms with E-state index in [0.29, 0.717) is 18.7 Å². The number of hydrogen-bond donors (Lipinski definition) is 1. The minimum atomic E-state index is -0.166. The smallest absolute Gasteiger partial charge is 0.346 e. The quantitative estimate of drug-likeness (QED) is 0.708. The first kappa shape index (κ1) is 7.39. The minimum Gasteiger partial charge on any atom is -0.464 e. The van der Waals surface area contributed by atoms with Gasteiger partial charge in [0.1, 0.15) is 0 Å². The van der Waals surface area contributed by atoms with Crippen LogP contribution in [0.25, 0.3) is 0 Å². The molecule has 0 amide bonds. The zero-order chi connectivity index (χ0) is 8.55. The van der Waals surface area contributed by atoms with E-state index in [2.05, 4.69) is 10.1 Å². The predicted octanol–water partition coefficient (Wildman–Crippen LogP) is 0.305. The highest BCUT2D eigenvalue weighted by Gasteiger charge is 2.27. The molecule has 5 heteroatoms. The zero-order valence-electron chi connectivity index (χ0n) is 6.91. The second kappa shape index (κ2) is 2.66. The van der Waals surface area contributed by atoms with Crippen molar-refractivity contribution in [1.82, 2.24) is 14.8 Å². The van der Waals surface area contributed by atoms with Crippen LogP contribution in [0.2, 0.25) is 0 Å². The Morgan fingerprint density at radius 3 is 3.08 bits per heavy atom. The maximum absolute atomic E-state index is 11.2. The van der Waals surface area contributed by atoms with Crippen molar-refractivity contribution in [1.29, 1.82) is 0 Å². The first-order valence-electron chi connectivity index (χ1n) is 4.13. The van der Waals surface area contributed by atoms with Gasteiger partial charge in [0, 0.05) is 0 Å². The molecule has 1 aliphatic rings. The SMILES string of the molecule is CCOc1nn(C2CC2)c(=O)[nH]1. The number of nitrogens with one attached hydrogen (secondary N) is 1. The van der Waals surface area contributed by atoms with Crippen LogP contribution in [0.3, 0.4) is 0 Å². The average molecular weight is 169 g/mol. The van der Waals surface area contributed by atoms with Gasteiger partial charge in [0.05, 0.1) is 12.6 Å². The maximum Gasteiger partial charge on any atom is 0.346 e. The standard InChI is InChI=1S/C7H11N3O2/c1-2-12-6-8-7(11)10(9-6)5-3-4-5/h5H,2-4H2,1H3,(H,8,9,11). The van der Waals surface area contributed by atoms with Crippen molar-refractivity contribution in [3.63, 3.8) is 0 Å². The van der Waals surface area contributed by atoms with E-state index in [1.165, 1.54) is 4.68 Å². The lowest BCUT2D eigenvalue weighted by atomic mass is 10.7. The van der Waals surface area contributed by atoms with Gasteiger partial charge in [0.25, 0.3) is 0 Å². The van der Waals surface area contributed by atoms with Gasteiger partial charge >= 0.3 is 11.7 Å². The molecule has 1 aliphatic carbocycles. The van der Waals surface area contributed by atoms with Crippen molar-refractivity contribution >= 4 is 0 Å². The summed E-state index contributed by atoms with van der Waals surface area (Å²) < 4.78 is 6.52. The van der Waals surface area contributed by atoms with Crippen LogP contribution in [0, 0.1) is 0 Å². The third kappa shape index (κ3) is 1.22. The van der Waals surface area contributed by atoms with E-state index in [1.54, 1.807) is 0 Å². The number of hydrogen-bond acceptors (Lipinski definition) is 3. The number of nitrogens with zero attached hydrogens (tertiary/aromatic N) is 2. The molecule has 1 aromatic heterocycles. The Kier molecular flexibility index (Phi) is 1.64. The molecule has 1 heterocycles. The Morgan fingerprint density at radius 2 is 2.50 bits per heavy atom. The fraction of sp³-hybridized carbons (Fsp3) is 0.714. The molecule has 0 aromatic carbocycles. The maximum atomic E-state index is 11.2. The summed E-state index contributed by atoms with van der Waals surface area (Å²) in [6.45, 7) is 2.38. The molecule has 0 bridgehead atoms. The van der Waals surface area contributed by atoms with E-state index in [0.717, 1.165) is 12.8 Å². The first-order valence-corrected chi connectivity index (χ1v) is 4.13. The molecule has 2 rings (SSSR count). The third-order valence-corrected chi connectivity index (χ3v) is 1.79. The molecule has 0 unspecified atom stereocenters. The Balaban J connectivity index is 2.24. The summed E-state index contributed by atoms with van der Waals surface area (Å²) in [5.41, 5.74) is -0.166. The van der Waals surface area contributed by atoms with Crippen LogP contribution in [-0.4, -0.2) is 21.4 Å². The van der Waals surface area contributed by atoms with Gasteiger partial charge in [-0.3, -0.25) is 4.98 Å². The van der Waals surface area contributed by atoms with Crippen molar-refractivity contribution in [2.24, 2.45) is 0 Å². The highest BCUT2D eigenvalue weighted by atomic mass is 16.5.